The molecule has 1 N–H and O–H groups in total. The maximum absolute atomic E-state index is 9.50. The van der Waals surface area contributed by atoms with E-state index in [0.717, 1.165) is 13.1 Å². The third-order valence-electron chi connectivity index (χ3n) is 5.48. The lowest BCUT2D eigenvalue weighted by Crippen LogP contribution is -2.40. The molecule has 3 aliphatic rings. The number of likely N-dealkylation sites (tertiary alicyclic amines) is 1. The van der Waals surface area contributed by atoms with Gasteiger partial charge in [0, 0.05) is 12.6 Å². The standard InChI is InChI=1S/C15H27NO2/c1-12-5-9-16(14(12)11-17)10-13-4-8-15(18-13)6-2-3-7-15/h12-14,17H,2-11H2,1H3. The molecule has 3 atom stereocenters. The van der Waals surface area contributed by atoms with Crippen molar-refractivity contribution < 1.29 is 9.84 Å². The minimum atomic E-state index is 0.255. The summed E-state index contributed by atoms with van der Waals surface area (Å²) in [4.78, 5) is 2.46. The highest BCUT2D eigenvalue weighted by Crippen LogP contribution is 2.43. The van der Waals surface area contributed by atoms with E-state index in [-0.39, 0.29) is 5.60 Å². The van der Waals surface area contributed by atoms with Gasteiger partial charge in [-0.2, -0.15) is 0 Å². The van der Waals surface area contributed by atoms with Gasteiger partial charge in [-0.15, -0.1) is 0 Å². The van der Waals surface area contributed by atoms with Crippen molar-refractivity contribution in [2.24, 2.45) is 5.92 Å². The Hall–Kier alpha value is -0.120. The van der Waals surface area contributed by atoms with E-state index in [1.807, 2.05) is 0 Å². The van der Waals surface area contributed by atoms with Crippen LogP contribution in [0.15, 0.2) is 0 Å². The maximum atomic E-state index is 9.50. The van der Waals surface area contributed by atoms with Crippen LogP contribution >= 0.6 is 0 Å². The predicted molar refractivity (Wildman–Crippen MR) is 71.5 cm³/mol. The lowest BCUT2D eigenvalue weighted by molar-refractivity contribution is -0.0508. The fourth-order valence-corrected chi connectivity index (χ4v) is 4.28. The van der Waals surface area contributed by atoms with Crippen LogP contribution in [0.3, 0.4) is 0 Å². The summed E-state index contributed by atoms with van der Waals surface area (Å²) in [7, 11) is 0. The highest BCUT2D eigenvalue weighted by atomic mass is 16.5. The summed E-state index contributed by atoms with van der Waals surface area (Å²) in [6, 6.07) is 0.369. The average molecular weight is 253 g/mol. The molecule has 3 heteroatoms. The molecule has 0 radical (unpaired) electrons. The fourth-order valence-electron chi connectivity index (χ4n) is 4.28. The summed E-state index contributed by atoms with van der Waals surface area (Å²) in [5.41, 5.74) is 0.255. The van der Waals surface area contributed by atoms with Crippen molar-refractivity contribution in [3.8, 4) is 0 Å². The van der Waals surface area contributed by atoms with Gasteiger partial charge in [-0.1, -0.05) is 19.8 Å². The monoisotopic (exact) mass is 253 g/mol. The van der Waals surface area contributed by atoms with E-state index < -0.39 is 0 Å². The normalized spacial score (nSPS) is 40.0. The number of hydrogen-bond donors (Lipinski definition) is 1. The fraction of sp³-hybridized carbons (Fsp3) is 1.00. The molecule has 2 aliphatic heterocycles. The first-order valence-corrected chi connectivity index (χ1v) is 7.75. The number of aliphatic hydroxyl groups excluding tert-OH is 1. The smallest absolute Gasteiger partial charge is 0.0710 e. The Morgan fingerprint density at radius 2 is 2.00 bits per heavy atom. The molecule has 1 aliphatic carbocycles. The van der Waals surface area contributed by atoms with Gasteiger partial charge < -0.3 is 9.84 Å². The van der Waals surface area contributed by atoms with Crippen molar-refractivity contribution in [1.82, 2.24) is 4.90 Å². The molecule has 3 unspecified atom stereocenters. The summed E-state index contributed by atoms with van der Waals surface area (Å²) < 4.78 is 6.38. The maximum Gasteiger partial charge on any atom is 0.0710 e. The largest absolute Gasteiger partial charge is 0.395 e. The van der Waals surface area contributed by atoms with Gasteiger partial charge in [0.15, 0.2) is 0 Å². The van der Waals surface area contributed by atoms with E-state index in [1.54, 1.807) is 0 Å². The topological polar surface area (TPSA) is 32.7 Å². The van der Waals surface area contributed by atoms with Crippen molar-refractivity contribution in [1.29, 1.82) is 0 Å². The number of ether oxygens (including phenoxy) is 1. The van der Waals surface area contributed by atoms with E-state index in [9.17, 15) is 5.11 Å². The zero-order valence-electron chi connectivity index (χ0n) is 11.6. The highest BCUT2D eigenvalue weighted by molar-refractivity contribution is 4.95. The summed E-state index contributed by atoms with van der Waals surface area (Å²) in [6.07, 6.45) is 9.41. The van der Waals surface area contributed by atoms with Crippen LogP contribution in [0.1, 0.15) is 51.9 Å². The number of aliphatic hydroxyl groups is 1. The number of rotatable bonds is 3. The first-order valence-electron chi connectivity index (χ1n) is 7.75. The first kappa shape index (κ1) is 12.9. The van der Waals surface area contributed by atoms with Gasteiger partial charge in [0.1, 0.15) is 0 Å². The van der Waals surface area contributed by atoms with E-state index in [4.69, 9.17) is 4.74 Å². The van der Waals surface area contributed by atoms with Crippen molar-refractivity contribution in [2.45, 2.75) is 69.6 Å². The molecule has 1 saturated carbocycles. The van der Waals surface area contributed by atoms with Crippen molar-refractivity contribution in [2.75, 3.05) is 19.7 Å². The second-order valence-electron chi connectivity index (χ2n) is 6.68. The van der Waals surface area contributed by atoms with Gasteiger partial charge in [-0.3, -0.25) is 4.90 Å². The van der Waals surface area contributed by atoms with E-state index in [0.29, 0.717) is 24.7 Å². The minimum Gasteiger partial charge on any atom is -0.395 e. The molecule has 3 fully saturated rings. The average Bonchev–Trinajstić information content (AvgIpc) is 3.05. The Morgan fingerprint density at radius 1 is 1.22 bits per heavy atom. The molecular weight excluding hydrogens is 226 g/mol. The Morgan fingerprint density at radius 3 is 2.72 bits per heavy atom. The molecule has 1 spiro atoms. The van der Waals surface area contributed by atoms with Gasteiger partial charge in [-0.25, -0.2) is 0 Å². The summed E-state index contributed by atoms with van der Waals surface area (Å²) in [6.45, 7) is 4.74. The van der Waals surface area contributed by atoms with E-state index >= 15 is 0 Å². The first-order chi connectivity index (χ1) is 8.72. The van der Waals surface area contributed by atoms with Gasteiger partial charge >= 0.3 is 0 Å². The summed E-state index contributed by atoms with van der Waals surface area (Å²) >= 11 is 0. The molecule has 3 rings (SSSR count). The zero-order chi connectivity index (χ0) is 12.6. The molecule has 18 heavy (non-hydrogen) atoms. The molecule has 0 aromatic carbocycles. The minimum absolute atomic E-state index is 0.255. The van der Waals surface area contributed by atoms with Crippen molar-refractivity contribution >= 4 is 0 Å². The quantitative estimate of drug-likeness (QED) is 0.837. The Bertz CT molecular complexity index is 288. The molecule has 0 aromatic heterocycles. The SMILES string of the molecule is CC1CCN(CC2CCC3(CCCC3)O2)C1CO. The van der Waals surface area contributed by atoms with Crippen LogP contribution in [-0.2, 0) is 4.74 Å². The van der Waals surface area contributed by atoms with Crippen molar-refractivity contribution in [3.63, 3.8) is 0 Å². The molecule has 0 bridgehead atoms. The second kappa shape index (κ2) is 5.10. The number of nitrogens with zero attached hydrogens (tertiary/aromatic N) is 1. The predicted octanol–water partition coefficient (Wildman–Crippen LogP) is 2.18. The summed E-state index contributed by atoms with van der Waals surface area (Å²) in [5.74, 6) is 0.636. The van der Waals surface area contributed by atoms with Crippen LogP contribution in [0.2, 0.25) is 0 Å². The van der Waals surface area contributed by atoms with E-state index in [2.05, 4.69) is 11.8 Å². The Kier molecular flexibility index (Phi) is 3.65. The van der Waals surface area contributed by atoms with Gasteiger partial charge in [0.2, 0.25) is 0 Å². The molecule has 104 valence electrons. The van der Waals surface area contributed by atoms with Crippen LogP contribution in [0, 0.1) is 5.92 Å². The third kappa shape index (κ3) is 2.33. The van der Waals surface area contributed by atoms with Crippen LogP contribution < -0.4 is 0 Å². The Labute approximate surface area is 110 Å². The van der Waals surface area contributed by atoms with Crippen molar-refractivity contribution in [3.05, 3.63) is 0 Å². The highest BCUT2D eigenvalue weighted by Gasteiger charge is 2.43. The molecular formula is C15H27NO2. The summed E-state index contributed by atoms with van der Waals surface area (Å²) in [5, 5.41) is 9.50. The third-order valence-corrected chi connectivity index (χ3v) is 5.48. The molecule has 3 nitrogen and oxygen atoms in total. The van der Waals surface area contributed by atoms with Crippen LogP contribution in [-0.4, -0.2) is 47.4 Å². The van der Waals surface area contributed by atoms with Crippen LogP contribution in [0.5, 0.6) is 0 Å². The van der Waals surface area contributed by atoms with Crippen LogP contribution in [0.25, 0.3) is 0 Å². The molecule has 0 aromatic rings. The lowest BCUT2D eigenvalue weighted by atomic mass is 9.98. The lowest BCUT2D eigenvalue weighted by Gasteiger charge is -2.29. The van der Waals surface area contributed by atoms with Crippen LogP contribution in [0.4, 0.5) is 0 Å². The van der Waals surface area contributed by atoms with Gasteiger partial charge in [0.25, 0.3) is 0 Å². The van der Waals surface area contributed by atoms with E-state index in [1.165, 1.54) is 44.9 Å². The zero-order valence-corrected chi connectivity index (χ0v) is 11.6. The van der Waals surface area contributed by atoms with Gasteiger partial charge in [0.05, 0.1) is 18.3 Å². The molecule has 2 saturated heterocycles. The van der Waals surface area contributed by atoms with Gasteiger partial charge in [-0.05, 0) is 44.6 Å². The molecule has 2 heterocycles. The Balaban J connectivity index is 1.55. The number of hydrogen-bond acceptors (Lipinski definition) is 3. The second-order valence-corrected chi connectivity index (χ2v) is 6.68. The molecule has 0 amide bonds.